The molecule has 3 aromatic carbocycles. The van der Waals surface area contributed by atoms with Gasteiger partial charge in [-0.3, -0.25) is 14.4 Å². The smallest absolute Gasteiger partial charge is 0.305 e. The molecule has 0 saturated heterocycles. The van der Waals surface area contributed by atoms with Crippen LogP contribution in [0.25, 0.3) is 21.9 Å². The number of benzene rings is 3. The quantitative estimate of drug-likeness (QED) is 0.0414. The van der Waals surface area contributed by atoms with E-state index in [1.807, 2.05) is 60.7 Å². The van der Waals surface area contributed by atoms with Crippen molar-refractivity contribution < 1.29 is 43.2 Å². The van der Waals surface area contributed by atoms with Crippen molar-refractivity contribution in [3.63, 3.8) is 0 Å². The number of carboxylic acids is 1. The van der Waals surface area contributed by atoms with Gasteiger partial charge in [0.2, 0.25) is 11.8 Å². The number of halogens is 1. The largest absolute Gasteiger partial charge is 0.491 e. The Morgan fingerprint density at radius 2 is 1.41 bits per heavy atom. The maximum atomic E-state index is 12.8. The molecular weight excluding hydrogens is 764 g/mol. The number of carbonyl (C=O) groups is 3. The maximum absolute atomic E-state index is 12.8. The van der Waals surface area contributed by atoms with Gasteiger partial charge >= 0.3 is 5.97 Å². The number of unbranched alkanes of at least 4 members (excludes halogenated alkanes) is 1. The molecule has 0 aliphatic carbocycles. The van der Waals surface area contributed by atoms with Gasteiger partial charge in [-0.2, -0.15) is 0 Å². The van der Waals surface area contributed by atoms with Crippen LogP contribution in [0.4, 0.5) is 5.82 Å². The Labute approximate surface area is 346 Å². The summed E-state index contributed by atoms with van der Waals surface area (Å²) in [5.74, 6) is 0.236. The third kappa shape index (κ3) is 17.4. The molecule has 0 unspecified atom stereocenters. The van der Waals surface area contributed by atoms with Gasteiger partial charge in [0, 0.05) is 36.2 Å². The van der Waals surface area contributed by atoms with Crippen LogP contribution in [-0.4, -0.2) is 100 Å². The van der Waals surface area contributed by atoms with Gasteiger partial charge in [-0.1, -0.05) is 80.0 Å². The van der Waals surface area contributed by atoms with Gasteiger partial charge in [-0.25, -0.2) is 4.98 Å². The van der Waals surface area contributed by atoms with Crippen LogP contribution in [0.2, 0.25) is 5.02 Å². The van der Waals surface area contributed by atoms with Gasteiger partial charge in [0.05, 0.1) is 65.3 Å². The van der Waals surface area contributed by atoms with Crippen molar-refractivity contribution in [3.05, 3.63) is 89.6 Å². The Morgan fingerprint density at radius 3 is 2.07 bits per heavy atom. The molecule has 4 aromatic rings. The molecule has 0 spiro atoms. The zero-order valence-corrected chi connectivity index (χ0v) is 34.3. The van der Waals surface area contributed by atoms with Crippen molar-refractivity contribution >= 4 is 46.0 Å². The van der Waals surface area contributed by atoms with Gasteiger partial charge in [0.1, 0.15) is 18.2 Å². The molecule has 4 rings (SSSR count). The van der Waals surface area contributed by atoms with Gasteiger partial charge in [0.15, 0.2) is 0 Å². The van der Waals surface area contributed by atoms with E-state index >= 15 is 0 Å². The topological polar surface area (TPSA) is 167 Å². The highest BCUT2D eigenvalue weighted by atomic mass is 35.5. The molecule has 58 heavy (non-hydrogen) atoms. The van der Waals surface area contributed by atoms with E-state index in [2.05, 4.69) is 34.8 Å². The van der Waals surface area contributed by atoms with Crippen molar-refractivity contribution in [2.45, 2.75) is 52.0 Å². The van der Waals surface area contributed by atoms with E-state index in [1.165, 1.54) is 0 Å². The zero-order valence-electron chi connectivity index (χ0n) is 33.5. The molecule has 314 valence electrons. The first kappa shape index (κ1) is 45.9. The molecule has 0 bridgehead atoms. The monoisotopic (exact) mass is 820 g/mol. The SMILES string of the molecule is CC(C)CCOCCOCCOCCOCCOc1ccc(-c2ccc([C@H](CC(=O)O)NC(=O)CNC(=O)CCCCNc3cc(Cl)ccn3)cc2)c2ccccc12. The Hall–Kier alpha value is -4.79. The number of aromatic nitrogens is 1. The van der Waals surface area contributed by atoms with E-state index in [0.717, 1.165) is 47.1 Å². The highest BCUT2D eigenvalue weighted by Crippen LogP contribution is 2.35. The number of pyridine rings is 1. The first-order valence-corrected chi connectivity index (χ1v) is 20.3. The number of ether oxygens (including phenoxy) is 5. The lowest BCUT2D eigenvalue weighted by molar-refractivity contribution is -0.138. The van der Waals surface area contributed by atoms with Crippen LogP contribution in [0, 0.1) is 5.92 Å². The molecule has 0 fully saturated rings. The normalized spacial score (nSPS) is 11.7. The summed E-state index contributed by atoms with van der Waals surface area (Å²) in [5, 5.41) is 20.7. The fourth-order valence-corrected chi connectivity index (χ4v) is 6.06. The number of carboxylic acid groups (broad SMARTS) is 1. The maximum Gasteiger partial charge on any atom is 0.305 e. The summed E-state index contributed by atoms with van der Waals surface area (Å²) in [6.45, 7) is 9.35. The number of rotatable bonds is 29. The summed E-state index contributed by atoms with van der Waals surface area (Å²) in [7, 11) is 0. The van der Waals surface area contributed by atoms with Crippen molar-refractivity contribution in [3.8, 4) is 16.9 Å². The minimum Gasteiger partial charge on any atom is -0.491 e. The number of aliphatic carboxylic acids is 1. The van der Waals surface area contributed by atoms with Crippen LogP contribution in [0.3, 0.4) is 0 Å². The van der Waals surface area contributed by atoms with Crippen LogP contribution >= 0.6 is 11.6 Å². The molecule has 14 heteroatoms. The predicted octanol–water partition coefficient (Wildman–Crippen LogP) is 7.08. The Kier molecular flexibility index (Phi) is 20.8. The van der Waals surface area contributed by atoms with Crippen molar-refractivity contribution in [1.82, 2.24) is 15.6 Å². The van der Waals surface area contributed by atoms with E-state index in [4.69, 9.17) is 35.3 Å². The second kappa shape index (κ2) is 26.3. The summed E-state index contributed by atoms with van der Waals surface area (Å²) >= 11 is 5.97. The van der Waals surface area contributed by atoms with Crippen LogP contribution in [0.5, 0.6) is 5.75 Å². The van der Waals surface area contributed by atoms with E-state index in [1.54, 1.807) is 18.3 Å². The minimum absolute atomic E-state index is 0.247. The van der Waals surface area contributed by atoms with E-state index in [9.17, 15) is 19.5 Å². The van der Waals surface area contributed by atoms with E-state index in [-0.39, 0.29) is 25.3 Å². The molecule has 0 aliphatic heterocycles. The summed E-state index contributed by atoms with van der Waals surface area (Å²) in [6.07, 6.45) is 3.93. The number of fused-ring (bicyclic) bond motifs is 1. The van der Waals surface area contributed by atoms with Crippen molar-refractivity contribution in [2.75, 3.05) is 77.9 Å². The second-order valence-electron chi connectivity index (χ2n) is 14.0. The fourth-order valence-electron chi connectivity index (χ4n) is 5.90. The van der Waals surface area contributed by atoms with Gasteiger partial charge in [0.25, 0.3) is 0 Å². The Balaban J connectivity index is 1.18. The third-order valence-corrected chi connectivity index (χ3v) is 9.20. The predicted molar refractivity (Wildman–Crippen MR) is 225 cm³/mol. The van der Waals surface area contributed by atoms with Gasteiger partial charge < -0.3 is 44.7 Å². The molecule has 13 nitrogen and oxygen atoms in total. The highest BCUT2D eigenvalue weighted by Gasteiger charge is 2.19. The Bertz CT molecular complexity index is 1840. The highest BCUT2D eigenvalue weighted by molar-refractivity contribution is 6.30. The number of hydrogen-bond acceptors (Lipinski definition) is 10. The molecule has 2 amide bonds. The number of anilines is 1. The Morgan fingerprint density at radius 1 is 0.759 bits per heavy atom. The van der Waals surface area contributed by atoms with E-state index < -0.39 is 17.9 Å². The van der Waals surface area contributed by atoms with E-state index in [0.29, 0.717) is 88.1 Å². The molecule has 0 saturated carbocycles. The summed E-state index contributed by atoms with van der Waals surface area (Å²) in [6, 6.07) is 22.0. The zero-order chi connectivity index (χ0) is 41.4. The standard InChI is InChI=1S/C44H57ClN4O9/c1-32(2)17-20-54-21-22-55-23-24-56-25-26-57-27-28-58-40-15-14-36(37-7-3-4-8-38(37)40)33-10-12-34(13-11-33)39(30-44(52)53)49-43(51)31-48-42(50)9-5-6-18-46-41-29-35(45)16-19-47-41/h3-4,7-8,10-16,19,29,32,39H,5-6,9,17-18,20-28,30-31H2,1-2H3,(H,46,47)(H,48,50)(H,49,51)(H,52,53)/t39-/m0/s1. The number of amides is 2. The molecule has 1 aromatic heterocycles. The summed E-state index contributed by atoms with van der Waals surface area (Å²) in [5.41, 5.74) is 2.53. The minimum atomic E-state index is -1.06. The molecular formula is C44H57ClN4O9. The second-order valence-corrected chi connectivity index (χ2v) is 14.4. The first-order chi connectivity index (χ1) is 28.2. The molecule has 0 radical (unpaired) electrons. The number of carbonyl (C=O) groups excluding carboxylic acids is 2. The lowest BCUT2D eigenvalue weighted by atomic mass is 9.95. The van der Waals surface area contributed by atoms with Crippen LogP contribution in [0.15, 0.2) is 79.0 Å². The molecule has 1 atom stereocenters. The van der Waals surface area contributed by atoms with Crippen molar-refractivity contribution in [1.29, 1.82) is 0 Å². The van der Waals surface area contributed by atoms with Crippen LogP contribution in [-0.2, 0) is 33.3 Å². The van der Waals surface area contributed by atoms with Crippen LogP contribution < -0.4 is 20.7 Å². The number of nitrogens with zero attached hydrogens (tertiary/aromatic N) is 1. The third-order valence-electron chi connectivity index (χ3n) is 8.97. The number of nitrogens with one attached hydrogen (secondary N) is 3. The summed E-state index contributed by atoms with van der Waals surface area (Å²) in [4.78, 5) is 41.1. The van der Waals surface area contributed by atoms with Gasteiger partial charge in [-0.15, -0.1) is 0 Å². The summed E-state index contributed by atoms with van der Waals surface area (Å²) < 4.78 is 28.4. The lowest BCUT2D eigenvalue weighted by Crippen LogP contribution is -2.39. The first-order valence-electron chi connectivity index (χ1n) is 19.9. The number of hydrogen-bond donors (Lipinski definition) is 4. The molecule has 1 heterocycles. The van der Waals surface area contributed by atoms with Gasteiger partial charge in [-0.05, 0) is 65.5 Å². The fraction of sp³-hybridized carbons (Fsp3) is 0.455. The average molecular weight is 821 g/mol. The molecule has 4 N–H and O–H groups in total. The van der Waals surface area contributed by atoms with Crippen molar-refractivity contribution in [2.24, 2.45) is 5.92 Å². The molecule has 0 aliphatic rings. The average Bonchev–Trinajstić information content (AvgIpc) is 3.21. The van der Waals surface area contributed by atoms with Crippen LogP contribution in [0.1, 0.15) is 57.6 Å². The lowest BCUT2D eigenvalue weighted by Gasteiger charge is -2.19.